The zero-order valence-electron chi connectivity index (χ0n) is 5.77. The van der Waals surface area contributed by atoms with Gasteiger partial charge in [0.05, 0.1) is 4.47 Å². The van der Waals surface area contributed by atoms with Gasteiger partial charge in [0.2, 0.25) is 0 Å². The Morgan fingerprint density at radius 3 is 2.50 bits per heavy atom. The lowest BCUT2D eigenvalue weighted by Crippen LogP contribution is -2.12. The summed E-state index contributed by atoms with van der Waals surface area (Å²) in [6.07, 6.45) is 0. The Hall–Kier alpha value is -0.550. The zero-order chi connectivity index (χ0) is 9.30. The highest BCUT2D eigenvalue weighted by Gasteiger charge is 2.12. The normalized spacial score (nSPS) is 9.92. The van der Waals surface area contributed by atoms with Crippen LogP contribution in [0, 0.1) is 11.6 Å². The summed E-state index contributed by atoms with van der Waals surface area (Å²) in [6, 6.07) is 2.30. The van der Waals surface area contributed by atoms with Crippen molar-refractivity contribution in [2.75, 3.05) is 0 Å². The molecule has 0 bridgehead atoms. The molecule has 0 saturated carbocycles. The quantitative estimate of drug-likeness (QED) is 0.613. The lowest BCUT2D eigenvalue weighted by Gasteiger charge is -2.02. The van der Waals surface area contributed by atoms with Crippen molar-refractivity contribution in [1.29, 1.82) is 0 Å². The summed E-state index contributed by atoms with van der Waals surface area (Å²) in [4.78, 5) is -0.0896. The number of halogens is 3. The molecule has 0 aliphatic carbocycles. The first-order chi connectivity index (χ1) is 5.54. The minimum Gasteiger partial charge on any atom is -0.389 e. The van der Waals surface area contributed by atoms with Gasteiger partial charge in [-0.25, -0.2) is 8.78 Å². The van der Waals surface area contributed by atoms with Crippen molar-refractivity contribution in [3.8, 4) is 0 Å². The Balaban J connectivity index is 3.36. The molecule has 0 fully saturated rings. The van der Waals surface area contributed by atoms with Gasteiger partial charge in [-0.15, -0.1) is 0 Å². The van der Waals surface area contributed by atoms with Crippen LogP contribution in [-0.4, -0.2) is 4.99 Å². The number of nitrogens with two attached hydrogens (primary N) is 1. The first-order valence-corrected chi connectivity index (χ1v) is 4.17. The molecule has 0 atom stereocenters. The Kier molecular flexibility index (Phi) is 2.74. The molecule has 0 saturated heterocycles. The summed E-state index contributed by atoms with van der Waals surface area (Å²) in [5.74, 6) is -1.44. The number of benzene rings is 1. The average Bonchev–Trinajstić information content (AvgIpc) is 2.00. The number of rotatable bonds is 1. The summed E-state index contributed by atoms with van der Waals surface area (Å²) in [5.41, 5.74) is 5.22. The van der Waals surface area contributed by atoms with Crippen LogP contribution >= 0.6 is 28.1 Å². The van der Waals surface area contributed by atoms with Crippen LogP contribution in [0.15, 0.2) is 16.6 Å². The summed E-state index contributed by atoms with van der Waals surface area (Å²) in [6.45, 7) is 0. The molecule has 5 heteroatoms. The van der Waals surface area contributed by atoms with Crippen molar-refractivity contribution in [3.63, 3.8) is 0 Å². The maximum absolute atomic E-state index is 13.1. The minimum atomic E-state index is -0.762. The second-order valence-electron chi connectivity index (χ2n) is 2.09. The third-order valence-corrected chi connectivity index (χ3v) is 2.25. The highest BCUT2D eigenvalue weighted by atomic mass is 79.9. The smallest absolute Gasteiger partial charge is 0.150 e. The van der Waals surface area contributed by atoms with Crippen LogP contribution < -0.4 is 5.73 Å². The molecule has 0 amide bonds. The first kappa shape index (κ1) is 9.54. The van der Waals surface area contributed by atoms with E-state index in [-0.39, 0.29) is 15.0 Å². The van der Waals surface area contributed by atoms with Gasteiger partial charge < -0.3 is 5.73 Å². The maximum atomic E-state index is 13.1. The van der Waals surface area contributed by atoms with E-state index in [1.54, 1.807) is 0 Å². The van der Waals surface area contributed by atoms with Crippen molar-refractivity contribution >= 4 is 33.1 Å². The molecule has 0 heterocycles. The van der Waals surface area contributed by atoms with Gasteiger partial charge in [-0.2, -0.15) is 0 Å². The van der Waals surface area contributed by atoms with E-state index >= 15 is 0 Å². The van der Waals surface area contributed by atoms with Crippen LogP contribution in [0.3, 0.4) is 0 Å². The first-order valence-electron chi connectivity index (χ1n) is 2.97. The lowest BCUT2D eigenvalue weighted by atomic mass is 10.2. The molecular formula is C7H4BrF2NS. The Morgan fingerprint density at radius 1 is 1.42 bits per heavy atom. The fourth-order valence-corrected chi connectivity index (χ4v) is 1.22. The van der Waals surface area contributed by atoms with Gasteiger partial charge in [-0.1, -0.05) is 12.2 Å². The van der Waals surface area contributed by atoms with Gasteiger partial charge in [-0.05, 0) is 28.1 Å². The van der Waals surface area contributed by atoms with Crippen LogP contribution in [0.2, 0.25) is 0 Å². The van der Waals surface area contributed by atoms with E-state index in [0.29, 0.717) is 0 Å². The van der Waals surface area contributed by atoms with Gasteiger partial charge in [0, 0.05) is 5.56 Å². The zero-order valence-corrected chi connectivity index (χ0v) is 8.18. The highest BCUT2D eigenvalue weighted by Crippen LogP contribution is 2.22. The molecule has 2 N–H and O–H groups in total. The molecule has 64 valence electrons. The fourth-order valence-electron chi connectivity index (χ4n) is 0.716. The Bertz CT molecular complexity index is 340. The Morgan fingerprint density at radius 2 is 2.00 bits per heavy atom. The standard InChI is InChI=1S/C7H4BrF2NS/c8-5-4(9)2-1-3(6(5)10)7(11)12/h1-2H,(H2,11,12). The van der Waals surface area contributed by atoms with Crippen LogP contribution in [-0.2, 0) is 0 Å². The summed E-state index contributed by atoms with van der Waals surface area (Å²) >= 11 is 7.28. The molecule has 12 heavy (non-hydrogen) atoms. The number of thiocarbonyl (C=S) groups is 1. The minimum absolute atomic E-state index is 0.0401. The third kappa shape index (κ3) is 1.61. The van der Waals surface area contributed by atoms with Gasteiger partial charge in [0.1, 0.15) is 10.8 Å². The topological polar surface area (TPSA) is 26.0 Å². The van der Waals surface area contributed by atoms with Gasteiger partial charge in [-0.3, -0.25) is 0 Å². The van der Waals surface area contributed by atoms with E-state index in [1.165, 1.54) is 6.07 Å². The number of hydrogen-bond donors (Lipinski definition) is 1. The number of hydrogen-bond acceptors (Lipinski definition) is 1. The van der Waals surface area contributed by atoms with Crippen molar-refractivity contribution in [1.82, 2.24) is 0 Å². The SMILES string of the molecule is NC(=S)c1ccc(F)c(Br)c1F. The maximum Gasteiger partial charge on any atom is 0.150 e. The van der Waals surface area contributed by atoms with Gasteiger partial charge in [0.15, 0.2) is 5.82 Å². The molecule has 1 rings (SSSR count). The molecule has 1 aromatic rings. The molecule has 1 nitrogen and oxygen atoms in total. The van der Waals surface area contributed by atoms with Crippen molar-refractivity contribution in [3.05, 3.63) is 33.8 Å². The molecule has 0 aliphatic rings. The van der Waals surface area contributed by atoms with Crippen molar-refractivity contribution < 1.29 is 8.78 Å². The molecule has 1 aromatic carbocycles. The highest BCUT2D eigenvalue weighted by molar-refractivity contribution is 9.10. The van der Waals surface area contributed by atoms with Gasteiger partial charge in [0.25, 0.3) is 0 Å². The predicted octanol–water partition coefficient (Wildman–Crippen LogP) is 2.36. The second kappa shape index (κ2) is 3.45. The second-order valence-corrected chi connectivity index (χ2v) is 3.32. The average molecular weight is 252 g/mol. The summed E-state index contributed by atoms with van der Waals surface area (Å²) in [5, 5.41) is 0. The van der Waals surface area contributed by atoms with Crippen molar-refractivity contribution in [2.45, 2.75) is 0 Å². The van der Waals surface area contributed by atoms with E-state index in [0.717, 1.165) is 6.07 Å². The molecule has 0 aromatic heterocycles. The van der Waals surface area contributed by atoms with Crippen LogP contribution in [0.5, 0.6) is 0 Å². The monoisotopic (exact) mass is 251 g/mol. The summed E-state index contributed by atoms with van der Waals surface area (Å²) in [7, 11) is 0. The van der Waals surface area contributed by atoms with Crippen LogP contribution in [0.1, 0.15) is 5.56 Å². The largest absolute Gasteiger partial charge is 0.389 e. The van der Waals surface area contributed by atoms with Crippen LogP contribution in [0.4, 0.5) is 8.78 Å². The van der Waals surface area contributed by atoms with Crippen molar-refractivity contribution in [2.24, 2.45) is 5.73 Å². The van der Waals surface area contributed by atoms with Crippen LogP contribution in [0.25, 0.3) is 0 Å². The molecule has 0 unspecified atom stereocenters. The fraction of sp³-hybridized carbons (Fsp3) is 0. The van der Waals surface area contributed by atoms with E-state index in [1.807, 2.05) is 0 Å². The Labute approximate surface area is 81.7 Å². The van der Waals surface area contributed by atoms with E-state index in [4.69, 9.17) is 5.73 Å². The molecule has 0 radical (unpaired) electrons. The lowest BCUT2D eigenvalue weighted by molar-refractivity contribution is 0.570. The van der Waals surface area contributed by atoms with E-state index in [9.17, 15) is 8.78 Å². The predicted molar refractivity (Wildman–Crippen MR) is 49.9 cm³/mol. The molecule has 0 aliphatic heterocycles. The third-order valence-electron chi connectivity index (χ3n) is 1.30. The van der Waals surface area contributed by atoms with E-state index in [2.05, 4.69) is 28.1 Å². The molecular weight excluding hydrogens is 248 g/mol. The summed E-state index contributed by atoms with van der Waals surface area (Å²) < 4.78 is 25.5. The molecule has 0 spiro atoms. The van der Waals surface area contributed by atoms with E-state index < -0.39 is 11.6 Å². The van der Waals surface area contributed by atoms with Gasteiger partial charge >= 0.3 is 0 Å².